The van der Waals surface area contributed by atoms with Crippen LogP contribution in [0.5, 0.6) is 0 Å². The maximum Gasteiger partial charge on any atom is 0.317 e. The van der Waals surface area contributed by atoms with Crippen LogP contribution >= 0.6 is 0 Å². The summed E-state index contributed by atoms with van der Waals surface area (Å²) in [6.45, 7) is 1.75. The van der Waals surface area contributed by atoms with E-state index in [-0.39, 0.29) is 6.03 Å². The fraction of sp³-hybridized carbons (Fsp3) is 0.562. The first-order valence-electron chi connectivity index (χ1n) is 8.15. The number of urea groups is 1. The predicted molar refractivity (Wildman–Crippen MR) is 88.3 cm³/mol. The first kappa shape index (κ1) is 14.3. The van der Waals surface area contributed by atoms with Gasteiger partial charge in [0.05, 0.1) is 5.39 Å². The highest BCUT2D eigenvalue weighted by molar-refractivity contribution is 5.87. The number of hydrogen-bond donors (Lipinski definition) is 2. The lowest BCUT2D eigenvalue weighted by molar-refractivity contribution is 0.207. The summed E-state index contributed by atoms with van der Waals surface area (Å²) in [5.74, 6) is 2.19. The highest BCUT2D eigenvalue weighted by Crippen LogP contribution is 2.41. The zero-order chi connectivity index (χ0) is 16.0. The molecule has 2 aliphatic rings. The molecule has 7 nitrogen and oxygen atoms in total. The number of aromatic amines is 1. The second kappa shape index (κ2) is 5.40. The number of nitrogens with one attached hydrogen (secondary N) is 2. The SMILES string of the molecule is CNC(=O)N1CC2CC(N(C)c3ncnc4[nH]ccc34)CC2C1. The normalized spacial score (nSPS) is 26.5. The molecule has 3 heterocycles. The Morgan fingerprint density at radius 2 is 2.09 bits per heavy atom. The number of H-pyrrole nitrogens is 1. The van der Waals surface area contributed by atoms with Crippen molar-refractivity contribution in [3.8, 4) is 0 Å². The molecule has 1 aliphatic heterocycles. The predicted octanol–water partition coefficient (Wildman–Crippen LogP) is 1.44. The lowest BCUT2D eigenvalue weighted by atomic mass is 10.0. The van der Waals surface area contributed by atoms with E-state index in [1.54, 1.807) is 13.4 Å². The van der Waals surface area contributed by atoms with E-state index in [9.17, 15) is 4.79 Å². The van der Waals surface area contributed by atoms with Gasteiger partial charge < -0.3 is 20.1 Å². The lowest BCUT2D eigenvalue weighted by Gasteiger charge is -2.27. The summed E-state index contributed by atoms with van der Waals surface area (Å²) in [5, 5.41) is 3.80. The summed E-state index contributed by atoms with van der Waals surface area (Å²) < 4.78 is 0. The van der Waals surface area contributed by atoms with Crippen LogP contribution in [0.15, 0.2) is 18.6 Å². The van der Waals surface area contributed by atoms with Gasteiger partial charge in [-0.2, -0.15) is 0 Å². The Hall–Kier alpha value is -2.31. The van der Waals surface area contributed by atoms with Crippen LogP contribution in [0.3, 0.4) is 0 Å². The molecule has 0 radical (unpaired) electrons. The number of nitrogens with zero attached hydrogens (tertiary/aromatic N) is 4. The van der Waals surface area contributed by atoms with Crippen LogP contribution < -0.4 is 10.2 Å². The van der Waals surface area contributed by atoms with Crippen LogP contribution in [0.1, 0.15) is 12.8 Å². The number of fused-ring (bicyclic) bond motifs is 2. The Morgan fingerprint density at radius 1 is 1.35 bits per heavy atom. The van der Waals surface area contributed by atoms with Gasteiger partial charge in [-0.1, -0.05) is 0 Å². The minimum Gasteiger partial charge on any atom is -0.356 e. The average molecular weight is 314 g/mol. The average Bonchev–Trinajstić information content (AvgIpc) is 3.26. The highest BCUT2D eigenvalue weighted by atomic mass is 16.2. The van der Waals surface area contributed by atoms with Gasteiger partial charge in [0.2, 0.25) is 0 Å². The fourth-order valence-corrected chi connectivity index (χ4v) is 4.22. The molecule has 1 saturated carbocycles. The molecule has 2 fully saturated rings. The Balaban J connectivity index is 1.49. The molecule has 7 heteroatoms. The molecule has 23 heavy (non-hydrogen) atoms. The molecule has 2 amide bonds. The van der Waals surface area contributed by atoms with Crippen LogP contribution in [0.2, 0.25) is 0 Å². The standard InChI is InChI=1S/C16H22N6O/c1-17-16(23)22-7-10-5-12(6-11(10)8-22)21(2)15-13-3-4-18-14(13)19-9-20-15/h3-4,9-12H,5-8H2,1-2H3,(H,17,23)(H,18,19,20). The Bertz CT molecular complexity index is 714. The third kappa shape index (κ3) is 2.31. The van der Waals surface area contributed by atoms with Crippen molar-refractivity contribution in [2.75, 3.05) is 32.1 Å². The van der Waals surface area contributed by atoms with Crippen LogP contribution in [-0.4, -0.2) is 59.1 Å². The van der Waals surface area contributed by atoms with Crippen molar-refractivity contribution >= 4 is 22.9 Å². The van der Waals surface area contributed by atoms with Gasteiger partial charge in [0.1, 0.15) is 17.8 Å². The Kier molecular flexibility index (Phi) is 3.36. The van der Waals surface area contributed by atoms with E-state index >= 15 is 0 Å². The number of rotatable bonds is 2. The van der Waals surface area contributed by atoms with Crippen molar-refractivity contribution in [2.24, 2.45) is 11.8 Å². The monoisotopic (exact) mass is 314 g/mol. The van der Waals surface area contributed by atoms with Crippen molar-refractivity contribution in [3.63, 3.8) is 0 Å². The van der Waals surface area contributed by atoms with Gasteiger partial charge >= 0.3 is 6.03 Å². The number of anilines is 1. The summed E-state index contributed by atoms with van der Waals surface area (Å²) in [4.78, 5) is 27.9. The second-order valence-electron chi connectivity index (χ2n) is 6.65. The number of likely N-dealkylation sites (tertiary alicyclic amines) is 1. The van der Waals surface area contributed by atoms with E-state index in [0.29, 0.717) is 17.9 Å². The van der Waals surface area contributed by atoms with Gasteiger partial charge in [0.15, 0.2) is 0 Å². The molecule has 2 unspecified atom stereocenters. The smallest absolute Gasteiger partial charge is 0.317 e. The first-order valence-corrected chi connectivity index (χ1v) is 8.15. The molecule has 1 saturated heterocycles. The van der Waals surface area contributed by atoms with Crippen molar-refractivity contribution in [2.45, 2.75) is 18.9 Å². The van der Waals surface area contributed by atoms with E-state index in [2.05, 4.69) is 32.2 Å². The van der Waals surface area contributed by atoms with E-state index < -0.39 is 0 Å². The van der Waals surface area contributed by atoms with Crippen LogP contribution in [0.4, 0.5) is 10.6 Å². The highest BCUT2D eigenvalue weighted by Gasteiger charge is 2.43. The van der Waals surface area contributed by atoms with Gasteiger partial charge in [-0.25, -0.2) is 14.8 Å². The van der Waals surface area contributed by atoms with E-state index in [1.165, 1.54) is 0 Å². The molecule has 0 bridgehead atoms. The van der Waals surface area contributed by atoms with Crippen LogP contribution in [0.25, 0.3) is 11.0 Å². The minimum atomic E-state index is 0.0501. The Morgan fingerprint density at radius 3 is 2.78 bits per heavy atom. The quantitative estimate of drug-likeness (QED) is 0.879. The van der Waals surface area contributed by atoms with Crippen molar-refractivity contribution in [1.82, 2.24) is 25.2 Å². The topological polar surface area (TPSA) is 77.2 Å². The molecular weight excluding hydrogens is 292 g/mol. The van der Waals surface area contributed by atoms with Crippen LogP contribution in [0, 0.1) is 11.8 Å². The molecule has 2 aromatic heterocycles. The van der Waals surface area contributed by atoms with E-state index in [4.69, 9.17) is 0 Å². The maximum absolute atomic E-state index is 11.8. The van der Waals surface area contributed by atoms with Crippen molar-refractivity contribution in [3.05, 3.63) is 18.6 Å². The van der Waals surface area contributed by atoms with Gasteiger partial charge in [0.25, 0.3) is 0 Å². The number of hydrogen-bond acceptors (Lipinski definition) is 4. The number of aromatic nitrogens is 3. The number of amides is 2. The van der Waals surface area contributed by atoms with Gasteiger partial charge in [-0.15, -0.1) is 0 Å². The molecular formula is C16H22N6O. The molecule has 2 aromatic rings. The molecule has 1 aliphatic carbocycles. The number of carbonyl (C=O) groups excluding carboxylic acids is 1. The lowest BCUT2D eigenvalue weighted by Crippen LogP contribution is -2.38. The van der Waals surface area contributed by atoms with Crippen molar-refractivity contribution in [1.29, 1.82) is 0 Å². The summed E-state index contributed by atoms with van der Waals surface area (Å²) in [5.41, 5.74) is 0.880. The van der Waals surface area contributed by atoms with Gasteiger partial charge in [-0.05, 0) is 30.7 Å². The summed E-state index contributed by atoms with van der Waals surface area (Å²) >= 11 is 0. The number of carbonyl (C=O) groups is 1. The minimum absolute atomic E-state index is 0.0501. The summed E-state index contributed by atoms with van der Waals surface area (Å²) in [6, 6.07) is 2.56. The molecule has 0 spiro atoms. The zero-order valence-corrected chi connectivity index (χ0v) is 13.5. The first-order chi connectivity index (χ1) is 11.2. The molecule has 2 atom stereocenters. The second-order valence-corrected chi connectivity index (χ2v) is 6.65. The Labute approximate surface area is 135 Å². The summed E-state index contributed by atoms with van der Waals surface area (Å²) in [7, 11) is 3.82. The molecule has 4 rings (SSSR count). The maximum atomic E-state index is 11.8. The third-order valence-corrected chi connectivity index (χ3v) is 5.44. The van der Waals surface area contributed by atoms with Gasteiger partial charge in [0, 0.05) is 39.4 Å². The van der Waals surface area contributed by atoms with Gasteiger partial charge in [-0.3, -0.25) is 0 Å². The van der Waals surface area contributed by atoms with E-state index in [0.717, 1.165) is 42.8 Å². The van der Waals surface area contributed by atoms with E-state index in [1.807, 2.05) is 17.2 Å². The van der Waals surface area contributed by atoms with Crippen molar-refractivity contribution < 1.29 is 4.79 Å². The van der Waals surface area contributed by atoms with Crippen LogP contribution in [-0.2, 0) is 0 Å². The molecule has 2 N–H and O–H groups in total. The molecule has 122 valence electrons. The largest absolute Gasteiger partial charge is 0.356 e. The third-order valence-electron chi connectivity index (χ3n) is 5.44. The summed E-state index contributed by atoms with van der Waals surface area (Å²) in [6.07, 6.45) is 5.75. The zero-order valence-electron chi connectivity index (χ0n) is 13.5. The fourth-order valence-electron chi connectivity index (χ4n) is 4.22. The molecule has 0 aromatic carbocycles.